The monoisotopic (exact) mass is 294 g/mol. The van der Waals surface area contributed by atoms with Gasteiger partial charge in [0.15, 0.2) is 0 Å². The second kappa shape index (κ2) is 5.54. The molecule has 3 N–H and O–H groups in total. The van der Waals surface area contributed by atoms with Crippen LogP contribution in [0.15, 0.2) is 24.3 Å². The minimum absolute atomic E-state index is 0.540. The number of nitrogens with zero attached hydrogens (tertiary/aromatic N) is 1. The molecule has 7 heteroatoms. The van der Waals surface area contributed by atoms with Crippen LogP contribution in [0.3, 0.4) is 0 Å². The maximum Gasteiger partial charge on any atom is 0.229 e. The summed E-state index contributed by atoms with van der Waals surface area (Å²) in [6, 6.07) is 7.15. The SMILES string of the molecule is Cc1n[nH]c(C)c1CNc1cccc(NS(C)(=O)=O)c1. The molecule has 0 amide bonds. The van der Waals surface area contributed by atoms with Crippen LogP contribution in [-0.2, 0) is 16.6 Å². The lowest BCUT2D eigenvalue weighted by Crippen LogP contribution is -2.09. The molecule has 2 rings (SSSR count). The zero-order chi connectivity index (χ0) is 14.8. The summed E-state index contributed by atoms with van der Waals surface area (Å²) < 4.78 is 24.9. The number of hydrogen-bond donors (Lipinski definition) is 3. The summed E-state index contributed by atoms with van der Waals surface area (Å²) in [5.41, 5.74) is 4.49. The fraction of sp³-hybridized carbons (Fsp3) is 0.308. The summed E-state index contributed by atoms with van der Waals surface area (Å²) in [5, 5.41) is 10.3. The molecule has 0 fully saturated rings. The van der Waals surface area contributed by atoms with Crippen LogP contribution in [0.4, 0.5) is 11.4 Å². The third-order valence-corrected chi connectivity index (χ3v) is 3.52. The third kappa shape index (κ3) is 3.74. The van der Waals surface area contributed by atoms with Crippen LogP contribution in [0.1, 0.15) is 17.0 Å². The van der Waals surface area contributed by atoms with Gasteiger partial charge in [-0.1, -0.05) is 6.07 Å². The van der Waals surface area contributed by atoms with Gasteiger partial charge < -0.3 is 5.32 Å². The summed E-state index contributed by atoms with van der Waals surface area (Å²) in [4.78, 5) is 0. The smallest absolute Gasteiger partial charge is 0.229 e. The second-order valence-electron chi connectivity index (χ2n) is 4.72. The average Bonchev–Trinajstić information content (AvgIpc) is 2.65. The van der Waals surface area contributed by atoms with Gasteiger partial charge in [0, 0.05) is 23.5 Å². The number of nitrogens with one attached hydrogen (secondary N) is 3. The molecule has 0 aliphatic carbocycles. The predicted octanol–water partition coefficient (Wildman–Crippen LogP) is 2.01. The summed E-state index contributed by atoms with van der Waals surface area (Å²) in [7, 11) is -3.26. The molecule has 0 radical (unpaired) electrons. The van der Waals surface area contributed by atoms with E-state index in [1.54, 1.807) is 18.2 Å². The lowest BCUT2D eigenvalue weighted by atomic mass is 10.2. The van der Waals surface area contributed by atoms with Crippen molar-refractivity contribution in [2.75, 3.05) is 16.3 Å². The van der Waals surface area contributed by atoms with Gasteiger partial charge in [0.25, 0.3) is 0 Å². The molecule has 108 valence electrons. The van der Waals surface area contributed by atoms with Crippen LogP contribution in [0.25, 0.3) is 0 Å². The number of hydrogen-bond acceptors (Lipinski definition) is 4. The quantitative estimate of drug-likeness (QED) is 0.787. The minimum Gasteiger partial charge on any atom is -0.381 e. The Morgan fingerprint density at radius 2 is 1.95 bits per heavy atom. The van der Waals surface area contributed by atoms with Crippen molar-refractivity contribution in [3.8, 4) is 0 Å². The first-order chi connectivity index (χ1) is 9.35. The fourth-order valence-electron chi connectivity index (χ4n) is 1.93. The first-order valence-electron chi connectivity index (χ1n) is 6.17. The lowest BCUT2D eigenvalue weighted by Gasteiger charge is -2.09. The van der Waals surface area contributed by atoms with Gasteiger partial charge >= 0.3 is 0 Å². The van der Waals surface area contributed by atoms with Crippen molar-refractivity contribution in [1.82, 2.24) is 10.2 Å². The highest BCUT2D eigenvalue weighted by molar-refractivity contribution is 7.92. The van der Waals surface area contributed by atoms with E-state index in [0.29, 0.717) is 12.2 Å². The number of aryl methyl sites for hydroxylation is 2. The second-order valence-corrected chi connectivity index (χ2v) is 6.47. The van der Waals surface area contributed by atoms with Crippen LogP contribution in [0.5, 0.6) is 0 Å². The van der Waals surface area contributed by atoms with Crippen molar-refractivity contribution in [2.24, 2.45) is 0 Å². The largest absolute Gasteiger partial charge is 0.381 e. The molecule has 0 bridgehead atoms. The number of rotatable bonds is 5. The number of sulfonamides is 1. The van der Waals surface area contributed by atoms with Gasteiger partial charge in [0.2, 0.25) is 10.0 Å². The van der Waals surface area contributed by atoms with Crippen molar-refractivity contribution >= 4 is 21.4 Å². The van der Waals surface area contributed by atoms with Crippen LogP contribution in [0.2, 0.25) is 0 Å². The molecule has 2 aromatic rings. The van der Waals surface area contributed by atoms with E-state index in [4.69, 9.17) is 0 Å². The van der Waals surface area contributed by atoms with Gasteiger partial charge in [-0.3, -0.25) is 9.82 Å². The predicted molar refractivity (Wildman–Crippen MR) is 80.3 cm³/mol. The van der Waals surface area contributed by atoms with Crippen molar-refractivity contribution < 1.29 is 8.42 Å². The Hall–Kier alpha value is -2.02. The maximum atomic E-state index is 11.2. The summed E-state index contributed by atoms with van der Waals surface area (Å²) in [5.74, 6) is 0. The molecule has 20 heavy (non-hydrogen) atoms. The van der Waals surface area contributed by atoms with Crippen molar-refractivity contribution in [2.45, 2.75) is 20.4 Å². The molecule has 0 aliphatic rings. The molecule has 0 aliphatic heterocycles. The van der Waals surface area contributed by atoms with E-state index in [0.717, 1.165) is 28.9 Å². The first kappa shape index (κ1) is 14.4. The molecule has 0 saturated carbocycles. The molecular formula is C13H18N4O2S. The zero-order valence-corrected chi connectivity index (χ0v) is 12.5. The molecular weight excluding hydrogens is 276 g/mol. The topological polar surface area (TPSA) is 86.9 Å². The van der Waals surface area contributed by atoms with Gasteiger partial charge in [-0.2, -0.15) is 5.10 Å². The summed E-state index contributed by atoms with van der Waals surface area (Å²) in [6.07, 6.45) is 1.13. The highest BCUT2D eigenvalue weighted by Gasteiger charge is 2.06. The highest BCUT2D eigenvalue weighted by Crippen LogP contribution is 2.18. The van der Waals surface area contributed by atoms with Crippen LogP contribution < -0.4 is 10.0 Å². The van der Waals surface area contributed by atoms with Crippen LogP contribution >= 0.6 is 0 Å². The molecule has 1 aromatic heterocycles. The van der Waals surface area contributed by atoms with E-state index in [2.05, 4.69) is 20.2 Å². The Balaban J connectivity index is 2.09. The molecule has 0 unspecified atom stereocenters. The Kier molecular flexibility index (Phi) is 3.99. The van der Waals surface area contributed by atoms with E-state index in [9.17, 15) is 8.42 Å². The Labute approximate surface area is 118 Å². The molecule has 6 nitrogen and oxygen atoms in total. The first-order valence-corrected chi connectivity index (χ1v) is 8.06. The van der Waals surface area contributed by atoms with E-state index < -0.39 is 10.0 Å². The Bertz CT molecular complexity index is 687. The Morgan fingerprint density at radius 1 is 1.25 bits per heavy atom. The molecule has 0 saturated heterocycles. The van der Waals surface area contributed by atoms with Crippen molar-refractivity contribution in [1.29, 1.82) is 0 Å². The number of aromatic nitrogens is 2. The fourth-order valence-corrected chi connectivity index (χ4v) is 2.49. The third-order valence-electron chi connectivity index (χ3n) is 2.92. The van der Waals surface area contributed by atoms with E-state index >= 15 is 0 Å². The molecule has 0 spiro atoms. The van der Waals surface area contributed by atoms with Gasteiger partial charge in [0.1, 0.15) is 0 Å². The maximum absolute atomic E-state index is 11.2. The van der Waals surface area contributed by atoms with E-state index in [1.165, 1.54) is 0 Å². The van der Waals surface area contributed by atoms with Gasteiger partial charge in [-0.25, -0.2) is 8.42 Å². The normalized spacial score (nSPS) is 11.3. The number of benzene rings is 1. The molecule has 0 atom stereocenters. The van der Waals surface area contributed by atoms with Gasteiger partial charge in [-0.15, -0.1) is 0 Å². The van der Waals surface area contributed by atoms with Gasteiger partial charge in [0.05, 0.1) is 17.6 Å². The van der Waals surface area contributed by atoms with Gasteiger partial charge in [-0.05, 0) is 32.0 Å². The average molecular weight is 294 g/mol. The highest BCUT2D eigenvalue weighted by atomic mass is 32.2. The van der Waals surface area contributed by atoms with E-state index in [1.807, 2.05) is 19.9 Å². The van der Waals surface area contributed by atoms with Crippen LogP contribution in [-0.4, -0.2) is 24.9 Å². The summed E-state index contributed by atoms with van der Waals surface area (Å²) in [6.45, 7) is 4.55. The number of H-pyrrole nitrogens is 1. The van der Waals surface area contributed by atoms with Crippen molar-refractivity contribution in [3.05, 3.63) is 41.2 Å². The summed E-state index contributed by atoms with van der Waals surface area (Å²) >= 11 is 0. The van der Waals surface area contributed by atoms with Crippen LogP contribution in [0, 0.1) is 13.8 Å². The zero-order valence-electron chi connectivity index (χ0n) is 11.7. The van der Waals surface area contributed by atoms with Crippen molar-refractivity contribution in [3.63, 3.8) is 0 Å². The molecule has 1 heterocycles. The standard InChI is InChI=1S/C13H18N4O2S/c1-9-13(10(2)16-15-9)8-14-11-5-4-6-12(7-11)17-20(3,18)19/h4-7,14,17H,8H2,1-3H3,(H,15,16). The molecule has 1 aromatic carbocycles. The van der Waals surface area contributed by atoms with E-state index in [-0.39, 0.29) is 0 Å². The lowest BCUT2D eigenvalue weighted by molar-refractivity contribution is 0.607. The number of aromatic amines is 1. The minimum atomic E-state index is -3.26. The Morgan fingerprint density at radius 3 is 2.55 bits per heavy atom. The number of anilines is 2.